The second kappa shape index (κ2) is 9.70. The molecule has 0 aliphatic carbocycles. The van der Waals surface area contributed by atoms with E-state index in [4.69, 9.17) is 11.5 Å². The molecule has 7 N–H and O–H groups in total. The highest BCUT2D eigenvalue weighted by atomic mass is 16.2. The van der Waals surface area contributed by atoms with Crippen molar-refractivity contribution in [3.05, 3.63) is 65.6 Å². The van der Waals surface area contributed by atoms with Crippen LogP contribution in [0, 0.1) is 0 Å². The Hall–Kier alpha value is -4.78. The smallest absolute Gasteiger partial charge is 0.272 e. The highest BCUT2D eigenvalue weighted by Crippen LogP contribution is 2.20. The summed E-state index contributed by atoms with van der Waals surface area (Å²) >= 11 is 0. The summed E-state index contributed by atoms with van der Waals surface area (Å²) in [5.41, 5.74) is 13.8. The third kappa shape index (κ3) is 5.26. The standard InChI is InChI=1S/C24H29N9O4/c1-30-9-13(25)5-18(30)22(35)28-15-7-20(32(3)11-15)24(37)29-16-8-19(33(4)12-16)23(36)27-14-6-17(21(26)34)31(2)10-14/h5-8,10-13H,9,25H2,1-4H3,(H2,26,34)(H,27,36)(H,28,35)(H,29,37). The number of hydrogen-bond acceptors (Lipinski definition) is 6. The quantitative estimate of drug-likeness (QED) is 0.309. The number of carbonyl (C=O) groups is 4. The fraction of sp³-hybridized carbons (Fsp3) is 0.250. The first-order valence-corrected chi connectivity index (χ1v) is 11.3. The summed E-state index contributed by atoms with van der Waals surface area (Å²) in [6, 6.07) is 4.36. The third-order valence-corrected chi connectivity index (χ3v) is 6.01. The molecule has 0 aromatic carbocycles. The third-order valence-electron chi connectivity index (χ3n) is 6.01. The molecule has 0 spiro atoms. The number of amides is 4. The number of nitrogens with one attached hydrogen (secondary N) is 3. The van der Waals surface area contributed by atoms with Gasteiger partial charge in [-0.15, -0.1) is 0 Å². The number of anilines is 3. The Morgan fingerprint density at radius 2 is 1.14 bits per heavy atom. The first-order chi connectivity index (χ1) is 17.4. The molecule has 4 heterocycles. The van der Waals surface area contributed by atoms with Crippen molar-refractivity contribution in [2.45, 2.75) is 6.04 Å². The number of aromatic nitrogens is 3. The lowest BCUT2D eigenvalue weighted by molar-refractivity contribution is -0.114. The molecule has 0 saturated carbocycles. The van der Waals surface area contributed by atoms with E-state index in [1.165, 1.54) is 16.7 Å². The highest BCUT2D eigenvalue weighted by Gasteiger charge is 2.24. The maximum atomic E-state index is 12.9. The van der Waals surface area contributed by atoms with Crippen molar-refractivity contribution in [2.75, 3.05) is 29.5 Å². The van der Waals surface area contributed by atoms with Crippen LogP contribution >= 0.6 is 0 Å². The minimum absolute atomic E-state index is 0.207. The zero-order chi connectivity index (χ0) is 27.0. The number of hydrogen-bond donors (Lipinski definition) is 5. The second-order valence-electron chi connectivity index (χ2n) is 9.00. The maximum Gasteiger partial charge on any atom is 0.272 e. The number of primary amides is 1. The molecule has 3 aromatic rings. The first kappa shape index (κ1) is 25.3. The summed E-state index contributed by atoms with van der Waals surface area (Å²) in [5.74, 6) is -1.77. The molecule has 37 heavy (non-hydrogen) atoms. The van der Waals surface area contributed by atoms with Crippen molar-refractivity contribution in [3.8, 4) is 0 Å². The van der Waals surface area contributed by atoms with Crippen LogP contribution in [0.4, 0.5) is 17.1 Å². The van der Waals surface area contributed by atoms with Gasteiger partial charge in [0.15, 0.2) is 0 Å². The van der Waals surface area contributed by atoms with Gasteiger partial charge in [-0.25, -0.2) is 0 Å². The van der Waals surface area contributed by atoms with Crippen LogP contribution < -0.4 is 27.4 Å². The Balaban J connectivity index is 1.43. The van der Waals surface area contributed by atoms with Gasteiger partial charge in [0.1, 0.15) is 22.8 Å². The van der Waals surface area contributed by atoms with Crippen LogP contribution in [-0.2, 0) is 25.9 Å². The van der Waals surface area contributed by atoms with Crippen molar-refractivity contribution in [3.63, 3.8) is 0 Å². The number of carbonyl (C=O) groups excluding carboxylic acids is 4. The molecule has 13 nitrogen and oxygen atoms in total. The Morgan fingerprint density at radius 1 is 0.730 bits per heavy atom. The molecule has 0 saturated heterocycles. The Bertz CT molecular complexity index is 1440. The first-order valence-electron chi connectivity index (χ1n) is 11.3. The van der Waals surface area contributed by atoms with Gasteiger partial charge in [-0.3, -0.25) is 19.2 Å². The van der Waals surface area contributed by atoms with Crippen molar-refractivity contribution < 1.29 is 19.2 Å². The van der Waals surface area contributed by atoms with Gasteiger partial charge in [-0.05, 0) is 24.3 Å². The summed E-state index contributed by atoms with van der Waals surface area (Å²) in [6.45, 7) is 0.558. The molecule has 4 rings (SSSR count). The van der Waals surface area contributed by atoms with Crippen molar-refractivity contribution in [2.24, 2.45) is 32.6 Å². The van der Waals surface area contributed by atoms with Crippen molar-refractivity contribution >= 4 is 40.7 Å². The summed E-state index contributed by atoms with van der Waals surface area (Å²) < 4.78 is 4.67. The van der Waals surface area contributed by atoms with Crippen LogP contribution in [-0.4, -0.2) is 61.9 Å². The van der Waals surface area contributed by atoms with E-state index in [1.807, 2.05) is 0 Å². The van der Waals surface area contributed by atoms with Crippen LogP contribution in [0.3, 0.4) is 0 Å². The molecule has 3 aromatic heterocycles. The lowest BCUT2D eigenvalue weighted by Crippen LogP contribution is -2.28. The lowest BCUT2D eigenvalue weighted by Gasteiger charge is -2.15. The monoisotopic (exact) mass is 507 g/mol. The van der Waals surface area contributed by atoms with E-state index in [0.29, 0.717) is 35.0 Å². The number of likely N-dealkylation sites (N-methyl/N-ethyl adjacent to an activating group) is 1. The normalized spacial score (nSPS) is 14.9. The minimum atomic E-state index is -0.609. The molecule has 1 atom stereocenters. The fourth-order valence-electron chi connectivity index (χ4n) is 4.23. The van der Waals surface area contributed by atoms with Crippen molar-refractivity contribution in [1.82, 2.24) is 18.6 Å². The Morgan fingerprint density at radius 3 is 1.51 bits per heavy atom. The number of nitrogens with zero attached hydrogens (tertiary/aromatic N) is 4. The minimum Gasteiger partial charge on any atom is -0.368 e. The predicted octanol–water partition coefficient (Wildman–Crippen LogP) is 0.401. The van der Waals surface area contributed by atoms with Crippen LogP contribution in [0.1, 0.15) is 31.5 Å². The van der Waals surface area contributed by atoms with E-state index >= 15 is 0 Å². The van der Waals surface area contributed by atoms with E-state index in [-0.39, 0.29) is 23.3 Å². The highest BCUT2D eigenvalue weighted by molar-refractivity contribution is 6.08. The number of nitrogens with two attached hydrogens (primary N) is 2. The van der Waals surface area contributed by atoms with Gasteiger partial charge >= 0.3 is 0 Å². The molecule has 1 unspecified atom stereocenters. The van der Waals surface area contributed by atoms with Gasteiger partial charge in [0.25, 0.3) is 23.6 Å². The molecular weight excluding hydrogens is 478 g/mol. The SMILES string of the molecule is CN1CC(N)C=C1C(=O)Nc1cc(C(=O)Nc2cc(C(=O)Nc3cc(C(N)=O)n(C)c3)n(C)c2)n(C)c1. The lowest BCUT2D eigenvalue weighted by atomic mass is 10.3. The average Bonchev–Trinajstić information content (AvgIpc) is 3.54. The Kier molecular flexibility index (Phi) is 6.64. The molecule has 0 fully saturated rings. The fourth-order valence-corrected chi connectivity index (χ4v) is 4.23. The molecular formula is C24H29N9O4. The topological polar surface area (TPSA) is 174 Å². The zero-order valence-corrected chi connectivity index (χ0v) is 20.9. The van der Waals surface area contributed by atoms with E-state index in [0.717, 1.165) is 0 Å². The van der Waals surface area contributed by atoms with Crippen LogP contribution in [0.5, 0.6) is 0 Å². The summed E-state index contributed by atoms with van der Waals surface area (Å²) in [7, 11) is 6.79. The molecule has 13 heteroatoms. The predicted molar refractivity (Wildman–Crippen MR) is 138 cm³/mol. The van der Waals surface area contributed by atoms with Crippen molar-refractivity contribution in [1.29, 1.82) is 0 Å². The summed E-state index contributed by atoms with van der Waals surface area (Å²) in [6.07, 6.45) is 6.50. The van der Waals surface area contributed by atoms with E-state index in [2.05, 4.69) is 16.0 Å². The van der Waals surface area contributed by atoms with Gasteiger partial charge in [0, 0.05) is 59.4 Å². The van der Waals surface area contributed by atoms with Crippen LogP contribution in [0.2, 0.25) is 0 Å². The van der Waals surface area contributed by atoms with Gasteiger partial charge in [0.2, 0.25) is 0 Å². The number of aryl methyl sites for hydroxylation is 3. The second-order valence-corrected chi connectivity index (χ2v) is 9.00. The van der Waals surface area contributed by atoms with E-state index < -0.39 is 17.7 Å². The van der Waals surface area contributed by atoms with Crippen LogP contribution in [0.25, 0.3) is 0 Å². The molecule has 1 aliphatic heterocycles. The molecule has 1 aliphatic rings. The maximum absolute atomic E-state index is 12.9. The average molecular weight is 508 g/mol. The molecule has 0 radical (unpaired) electrons. The molecule has 4 amide bonds. The van der Waals surface area contributed by atoms with Gasteiger partial charge in [-0.2, -0.15) is 0 Å². The largest absolute Gasteiger partial charge is 0.368 e. The van der Waals surface area contributed by atoms with Gasteiger partial charge < -0.3 is 46.0 Å². The number of rotatable bonds is 7. The molecule has 194 valence electrons. The van der Waals surface area contributed by atoms with Gasteiger partial charge in [-0.1, -0.05) is 0 Å². The Labute approximate surface area is 212 Å². The summed E-state index contributed by atoms with van der Waals surface area (Å²) in [4.78, 5) is 51.5. The summed E-state index contributed by atoms with van der Waals surface area (Å²) in [5, 5.41) is 8.26. The van der Waals surface area contributed by atoms with E-state index in [1.54, 1.807) is 73.0 Å². The molecule has 0 bridgehead atoms. The zero-order valence-electron chi connectivity index (χ0n) is 20.9. The van der Waals surface area contributed by atoms with Crippen LogP contribution in [0.15, 0.2) is 48.6 Å². The van der Waals surface area contributed by atoms with E-state index in [9.17, 15) is 19.2 Å². The van der Waals surface area contributed by atoms with Gasteiger partial charge in [0.05, 0.1) is 17.1 Å².